The SMILES string of the molecule is COc1ccc2c(-c3ccccc3)c3ccc(=O)cc-3oc2c1. The molecule has 0 fully saturated rings. The second-order valence-electron chi connectivity index (χ2n) is 5.36. The summed E-state index contributed by atoms with van der Waals surface area (Å²) in [6.45, 7) is 0. The van der Waals surface area contributed by atoms with Crippen molar-refractivity contribution in [1.29, 1.82) is 0 Å². The van der Waals surface area contributed by atoms with E-state index in [1.54, 1.807) is 13.2 Å². The molecule has 1 heterocycles. The molecule has 2 aromatic carbocycles. The van der Waals surface area contributed by atoms with Crippen LogP contribution in [0.15, 0.2) is 75.9 Å². The zero-order chi connectivity index (χ0) is 15.8. The van der Waals surface area contributed by atoms with Crippen molar-refractivity contribution in [2.24, 2.45) is 0 Å². The predicted molar refractivity (Wildman–Crippen MR) is 91.1 cm³/mol. The number of hydrogen-bond donors (Lipinski definition) is 0. The summed E-state index contributed by atoms with van der Waals surface area (Å²) in [6, 6.07) is 20.8. The highest BCUT2D eigenvalue weighted by atomic mass is 16.5. The van der Waals surface area contributed by atoms with Crippen LogP contribution in [-0.4, -0.2) is 7.11 Å². The van der Waals surface area contributed by atoms with E-state index in [-0.39, 0.29) is 5.43 Å². The molecule has 0 saturated carbocycles. The van der Waals surface area contributed by atoms with Gasteiger partial charge in [-0.3, -0.25) is 4.79 Å². The fraction of sp³-hybridized carbons (Fsp3) is 0.0500. The van der Waals surface area contributed by atoms with E-state index in [0.717, 1.165) is 27.8 Å². The first-order valence-corrected chi connectivity index (χ1v) is 7.36. The van der Waals surface area contributed by atoms with Crippen molar-refractivity contribution in [2.45, 2.75) is 0 Å². The van der Waals surface area contributed by atoms with Gasteiger partial charge in [-0.2, -0.15) is 0 Å². The molecule has 0 radical (unpaired) electrons. The van der Waals surface area contributed by atoms with Crippen molar-refractivity contribution < 1.29 is 9.15 Å². The molecule has 0 atom stereocenters. The number of fused-ring (bicyclic) bond motifs is 2. The molecule has 23 heavy (non-hydrogen) atoms. The van der Waals surface area contributed by atoms with Gasteiger partial charge in [0.05, 0.1) is 7.11 Å². The fourth-order valence-electron chi connectivity index (χ4n) is 2.89. The van der Waals surface area contributed by atoms with Crippen LogP contribution >= 0.6 is 0 Å². The molecule has 2 aromatic rings. The molecule has 1 aliphatic carbocycles. The molecule has 3 nitrogen and oxygen atoms in total. The molecule has 0 amide bonds. The third-order valence-electron chi connectivity index (χ3n) is 3.96. The smallest absolute Gasteiger partial charge is 0.182 e. The number of hydrogen-bond acceptors (Lipinski definition) is 3. The Kier molecular flexibility index (Phi) is 3.12. The van der Waals surface area contributed by atoms with Gasteiger partial charge in [-0.15, -0.1) is 0 Å². The van der Waals surface area contributed by atoms with Gasteiger partial charge in [0, 0.05) is 28.6 Å². The van der Waals surface area contributed by atoms with E-state index in [1.165, 1.54) is 6.07 Å². The van der Waals surface area contributed by atoms with Gasteiger partial charge in [-0.1, -0.05) is 30.3 Å². The molecule has 0 spiro atoms. The van der Waals surface area contributed by atoms with Crippen LogP contribution in [0.5, 0.6) is 5.75 Å². The molecule has 4 rings (SSSR count). The predicted octanol–water partition coefficient (Wildman–Crippen LogP) is 4.57. The Balaban J connectivity index is 2.17. The summed E-state index contributed by atoms with van der Waals surface area (Å²) in [7, 11) is 1.62. The molecule has 0 bridgehead atoms. The van der Waals surface area contributed by atoms with Crippen molar-refractivity contribution in [2.75, 3.05) is 7.11 Å². The lowest BCUT2D eigenvalue weighted by molar-refractivity contribution is 0.414. The van der Waals surface area contributed by atoms with Crippen LogP contribution in [0, 0.1) is 0 Å². The molecule has 0 aromatic heterocycles. The first kappa shape index (κ1) is 13.6. The number of methoxy groups -OCH3 is 1. The van der Waals surface area contributed by atoms with Crippen LogP contribution in [0.3, 0.4) is 0 Å². The summed E-state index contributed by atoms with van der Waals surface area (Å²) >= 11 is 0. The number of rotatable bonds is 2. The Morgan fingerprint density at radius 3 is 2.52 bits per heavy atom. The lowest BCUT2D eigenvalue weighted by atomic mass is 9.94. The van der Waals surface area contributed by atoms with Gasteiger partial charge in [0.15, 0.2) is 5.43 Å². The van der Waals surface area contributed by atoms with Crippen LogP contribution in [0.25, 0.3) is 33.4 Å². The van der Waals surface area contributed by atoms with Crippen LogP contribution in [0.2, 0.25) is 0 Å². The Hall–Kier alpha value is -3.07. The van der Waals surface area contributed by atoms with Crippen LogP contribution in [0.4, 0.5) is 0 Å². The maximum Gasteiger partial charge on any atom is 0.182 e. The van der Waals surface area contributed by atoms with Gasteiger partial charge in [0.2, 0.25) is 0 Å². The molecule has 0 N–H and O–H groups in total. The molecule has 3 heteroatoms. The lowest BCUT2D eigenvalue weighted by Gasteiger charge is -2.15. The Bertz CT molecular complexity index is 1020. The summed E-state index contributed by atoms with van der Waals surface area (Å²) < 4.78 is 11.2. The first-order valence-electron chi connectivity index (χ1n) is 7.36. The Morgan fingerprint density at radius 1 is 0.913 bits per heavy atom. The largest absolute Gasteiger partial charge is 0.497 e. The fourth-order valence-corrected chi connectivity index (χ4v) is 2.89. The van der Waals surface area contributed by atoms with Crippen molar-refractivity contribution in [1.82, 2.24) is 0 Å². The molecule has 0 saturated heterocycles. The Labute approximate surface area is 133 Å². The third-order valence-corrected chi connectivity index (χ3v) is 3.96. The highest BCUT2D eigenvalue weighted by Gasteiger charge is 2.17. The summed E-state index contributed by atoms with van der Waals surface area (Å²) in [4.78, 5) is 11.7. The van der Waals surface area contributed by atoms with Gasteiger partial charge in [-0.25, -0.2) is 0 Å². The summed E-state index contributed by atoms with van der Waals surface area (Å²) in [5.41, 5.74) is 3.70. The van der Waals surface area contributed by atoms with Gasteiger partial charge in [-0.05, 0) is 29.8 Å². The minimum atomic E-state index is -0.0671. The summed E-state index contributed by atoms with van der Waals surface area (Å²) in [5.74, 6) is 1.30. The minimum absolute atomic E-state index is 0.0671. The van der Waals surface area contributed by atoms with E-state index in [9.17, 15) is 4.79 Å². The monoisotopic (exact) mass is 302 g/mol. The van der Waals surface area contributed by atoms with E-state index in [2.05, 4.69) is 12.1 Å². The number of ether oxygens (including phenoxy) is 1. The van der Waals surface area contributed by atoms with E-state index in [4.69, 9.17) is 9.15 Å². The average molecular weight is 302 g/mol. The van der Waals surface area contributed by atoms with Crippen LogP contribution in [-0.2, 0) is 0 Å². The summed E-state index contributed by atoms with van der Waals surface area (Å²) in [5, 5.41) is 0.989. The van der Waals surface area contributed by atoms with Crippen molar-refractivity contribution in [3.05, 3.63) is 77.0 Å². The first-order chi connectivity index (χ1) is 11.3. The van der Waals surface area contributed by atoms with Gasteiger partial charge >= 0.3 is 0 Å². The quantitative estimate of drug-likeness (QED) is 0.509. The van der Waals surface area contributed by atoms with Crippen LogP contribution in [0.1, 0.15) is 0 Å². The van der Waals surface area contributed by atoms with E-state index in [1.807, 2.05) is 42.5 Å². The average Bonchev–Trinajstić information content (AvgIpc) is 2.59. The lowest BCUT2D eigenvalue weighted by Crippen LogP contribution is -1.99. The Morgan fingerprint density at radius 2 is 1.74 bits per heavy atom. The highest BCUT2D eigenvalue weighted by Crippen LogP contribution is 2.40. The van der Waals surface area contributed by atoms with Gasteiger partial charge in [0.1, 0.15) is 17.1 Å². The molecule has 112 valence electrons. The van der Waals surface area contributed by atoms with E-state index >= 15 is 0 Å². The standard InChI is InChI=1S/C20H14O3/c1-22-15-8-10-17-19(12-15)23-18-11-14(21)7-9-16(18)20(17)13-5-3-2-4-6-13/h2-12H,1H3. The van der Waals surface area contributed by atoms with Gasteiger partial charge < -0.3 is 9.15 Å². The number of benzene rings is 3. The van der Waals surface area contributed by atoms with Crippen molar-refractivity contribution in [3.63, 3.8) is 0 Å². The third kappa shape index (κ3) is 2.27. The van der Waals surface area contributed by atoms with Crippen molar-refractivity contribution >= 4 is 11.0 Å². The second-order valence-corrected chi connectivity index (χ2v) is 5.36. The highest BCUT2D eigenvalue weighted by molar-refractivity contribution is 6.02. The molecular weight excluding hydrogens is 288 g/mol. The molecule has 0 unspecified atom stereocenters. The van der Waals surface area contributed by atoms with Gasteiger partial charge in [0.25, 0.3) is 0 Å². The topological polar surface area (TPSA) is 39.4 Å². The minimum Gasteiger partial charge on any atom is -0.497 e. The van der Waals surface area contributed by atoms with E-state index < -0.39 is 0 Å². The maximum absolute atomic E-state index is 11.7. The summed E-state index contributed by atoms with van der Waals surface area (Å²) in [6.07, 6.45) is 0. The molecular formula is C20H14O3. The van der Waals surface area contributed by atoms with E-state index in [0.29, 0.717) is 11.3 Å². The van der Waals surface area contributed by atoms with Crippen molar-refractivity contribution in [3.8, 4) is 28.2 Å². The molecule has 1 aliphatic heterocycles. The second kappa shape index (κ2) is 5.29. The zero-order valence-corrected chi connectivity index (χ0v) is 12.6. The zero-order valence-electron chi connectivity index (χ0n) is 12.6. The normalized spacial score (nSPS) is 11.0. The van der Waals surface area contributed by atoms with Crippen LogP contribution < -0.4 is 10.2 Å². The molecule has 2 aliphatic rings. The maximum atomic E-state index is 11.7.